The summed E-state index contributed by atoms with van der Waals surface area (Å²) >= 11 is 1.50. The maximum atomic E-state index is 11.8. The summed E-state index contributed by atoms with van der Waals surface area (Å²) in [4.78, 5) is 17.8. The van der Waals surface area contributed by atoms with Crippen molar-refractivity contribution < 1.29 is 4.79 Å². The summed E-state index contributed by atoms with van der Waals surface area (Å²) in [7, 11) is 0. The third-order valence-electron chi connectivity index (χ3n) is 2.35. The number of carbonyl (C=O) groups is 1. The Bertz CT molecular complexity index is 350. The molecule has 5 heteroatoms. The Morgan fingerprint density at radius 2 is 2.57 bits per heavy atom. The van der Waals surface area contributed by atoms with E-state index in [0.29, 0.717) is 12.2 Å². The summed E-state index contributed by atoms with van der Waals surface area (Å²) in [5, 5.41) is 2.73. The zero-order chi connectivity index (χ0) is 10.1. The van der Waals surface area contributed by atoms with E-state index in [2.05, 4.69) is 4.98 Å². The molecule has 1 atom stereocenters. The maximum absolute atomic E-state index is 11.8. The highest BCUT2D eigenvalue weighted by molar-refractivity contribution is 7.09. The number of nitrogens with two attached hydrogens (primary N) is 1. The second kappa shape index (κ2) is 3.67. The van der Waals surface area contributed by atoms with Crippen LogP contribution in [0.1, 0.15) is 21.9 Å². The van der Waals surface area contributed by atoms with Crippen molar-refractivity contribution in [3.63, 3.8) is 0 Å². The quantitative estimate of drug-likeness (QED) is 0.741. The molecule has 1 aliphatic rings. The van der Waals surface area contributed by atoms with E-state index >= 15 is 0 Å². The molecule has 0 aliphatic carbocycles. The summed E-state index contributed by atoms with van der Waals surface area (Å²) in [6.45, 7) is 3.32. The van der Waals surface area contributed by atoms with Crippen molar-refractivity contribution >= 4 is 17.2 Å². The zero-order valence-electron chi connectivity index (χ0n) is 8.06. The van der Waals surface area contributed by atoms with Gasteiger partial charge in [0.25, 0.3) is 5.91 Å². The highest BCUT2D eigenvalue weighted by Gasteiger charge is 2.25. The normalized spacial score (nSPS) is 21.6. The summed E-state index contributed by atoms with van der Waals surface area (Å²) in [5.41, 5.74) is 6.29. The number of likely N-dealkylation sites (tertiary alicyclic amines) is 1. The fourth-order valence-electron chi connectivity index (χ4n) is 1.60. The minimum absolute atomic E-state index is 0.0160. The molecule has 2 rings (SSSR count). The van der Waals surface area contributed by atoms with Crippen molar-refractivity contribution in [2.75, 3.05) is 13.1 Å². The van der Waals surface area contributed by atoms with E-state index < -0.39 is 0 Å². The van der Waals surface area contributed by atoms with E-state index in [9.17, 15) is 4.79 Å². The van der Waals surface area contributed by atoms with Crippen LogP contribution in [0.25, 0.3) is 0 Å². The molecule has 14 heavy (non-hydrogen) atoms. The van der Waals surface area contributed by atoms with Crippen molar-refractivity contribution in [2.24, 2.45) is 5.73 Å². The largest absolute Gasteiger partial charge is 0.336 e. The van der Waals surface area contributed by atoms with Crippen LogP contribution < -0.4 is 5.73 Å². The summed E-state index contributed by atoms with van der Waals surface area (Å²) in [6.07, 6.45) is 0.898. The van der Waals surface area contributed by atoms with Crippen LogP contribution >= 0.6 is 11.3 Å². The van der Waals surface area contributed by atoms with Crippen LogP contribution in [0, 0.1) is 6.92 Å². The minimum Gasteiger partial charge on any atom is -0.336 e. The average molecular weight is 211 g/mol. The number of aromatic nitrogens is 1. The van der Waals surface area contributed by atoms with Gasteiger partial charge in [0, 0.05) is 24.5 Å². The number of aryl methyl sites for hydroxylation is 1. The van der Waals surface area contributed by atoms with Gasteiger partial charge in [-0.3, -0.25) is 4.79 Å². The van der Waals surface area contributed by atoms with E-state index in [-0.39, 0.29) is 11.9 Å². The first-order chi connectivity index (χ1) is 6.66. The van der Waals surface area contributed by atoms with Gasteiger partial charge in [-0.15, -0.1) is 11.3 Å². The lowest BCUT2D eigenvalue weighted by molar-refractivity contribution is 0.0785. The highest BCUT2D eigenvalue weighted by atomic mass is 32.1. The van der Waals surface area contributed by atoms with Gasteiger partial charge in [0.15, 0.2) is 0 Å². The van der Waals surface area contributed by atoms with E-state index in [1.807, 2.05) is 12.3 Å². The topological polar surface area (TPSA) is 59.2 Å². The maximum Gasteiger partial charge on any atom is 0.273 e. The van der Waals surface area contributed by atoms with Gasteiger partial charge in [-0.05, 0) is 13.3 Å². The number of hydrogen-bond acceptors (Lipinski definition) is 4. The fourth-order valence-corrected chi connectivity index (χ4v) is 2.18. The predicted octanol–water partition coefficient (Wildman–Crippen LogP) is 0.625. The summed E-state index contributed by atoms with van der Waals surface area (Å²) < 4.78 is 0. The first-order valence-corrected chi connectivity index (χ1v) is 5.52. The fraction of sp³-hybridized carbons (Fsp3) is 0.556. The predicted molar refractivity (Wildman–Crippen MR) is 55.3 cm³/mol. The molecule has 2 N–H and O–H groups in total. The van der Waals surface area contributed by atoms with Crippen molar-refractivity contribution in [2.45, 2.75) is 19.4 Å². The smallest absolute Gasteiger partial charge is 0.273 e. The van der Waals surface area contributed by atoms with Gasteiger partial charge >= 0.3 is 0 Å². The van der Waals surface area contributed by atoms with Crippen molar-refractivity contribution in [3.05, 3.63) is 16.1 Å². The molecule has 0 bridgehead atoms. The van der Waals surface area contributed by atoms with Crippen LogP contribution in [0.3, 0.4) is 0 Å². The molecule has 2 heterocycles. The standard InChI is InChI=1S/C9H13N3OS/c1-6-11-8(5-14-6)9(13)12-3-2-7(10)4-12/h5,7H,2-4,10H2,1H3/t7-/m1/s1. The van der Waals surface area contributed by atoms with E-state index in [1.54, 1.807) is 4.90 Å². The number of amides is 1. The SMILES string of the molecule is Cc1nc(C(=O)N2CC[C@@H](N)C2)cs1. The molecule has 1 fully saturated rings. The number of rotatable bonds is 1. The summed E-state index contributed by atoms with van der Waals surface area (Å²) in [5.74, 6) is 0.0160. The molecule has 1 amide bonds. The van der Waals surface area contributed by atoms with Gasteiger partial charge in [0.2, 0.25) is 0 Å². The molecular formula is C9H13N3OS. The molecule has 76 valence electrons. The van der Waals surface area contributed by atoms with Gasteiger partial charge in [-0.2, -0.15) is 0 Å². The first kappa shape index (κ1) is 9.61. The summed E-state index contributed by atoms with van der Waals surface area (Å²) in [6, 6.07) is 0.138. The Morgan fingerprint density at radius 3 is 3.07 bits per heavy atom. The van der Waals surface area contributed by atoms with Gasteiger partial charge < -0.3 is 10.6 Å². The Morgan fingerprint density at radius 1 is 1.79 bits per heavy atom. The van der Waals surface area contributed by atoms with Crippen LogP contribution in [-0.2, 0) is 0 Å². The lowest BCUT2D eigenvalue weighted by Gasteiger charge is -2.13. The third-order valence-corrected chi connectivity index (χ3v) is 3.12. The molecule has 0 spiro atoms. The Kier molecular flexibility index (Phi) is 2.52. The third kappa shape index (κ3) is 1.78. The molecule has 0 radical (unpaired) electrons. The van der Waals surface area contributed by atoms with Crippen LogP contribution in [0.15, 0.2) is 5.38 Å². The van der Waals surface area contributed by atoms with Gasteiger partial charge in [-0.1, -0.05) is 0 Å². The number of hydrogen-bond donors (Lipinski definition) is 1. The molecule has 0 aromatic carbocycles. The number of thiazole rings is 1. The van der Waals surface area contributed by atoms with E-state index in [0.717, 1.165) is 18.0 Å². The molecule has 0 saturated carbocycles. The molecule has 1 aromatic heterocycles. The van der Waals surface area contributed by atoms with Gasteiger partial charge in [0.1, 0.15) is 5.69 Å². The Balaban J connectivity index is 2.09. The van der Waals surface area contributed by atoms with Crippen LogP contribution in [0.2, 0.25) is 0 Å². The molecular weight excluding hydrogens is 198 g/mol. The molecule has 1 aliphatic heterocycles. The van der Waals surface area contributed by atoms with E-state index in [1.165, 1.54) is 11.3 Å². The Labute approximate surface area is 86.7 Å². The van der Waals surface area contributed by atoms with Crippen LogP contribution in [-0.4, -0.2) is 34.9 Å². The van der Waals surface area contributed by atoms with Crippen molar-refractivity contribution in [1.82, 2.24) is 9.88 Å². The Hall–Kier alpha value is -0.940. The average Bonchev–Trinajstić information content (AvgIpc) is 2.73. The number of nitrogens with zero attached hydrogens (tertiary/aromatic N) is 2. The second-order valence-corrected chi connectivity index (χ2v) is 4.61. The molecule has 1 aromatic rings. The van der Waals surface area contributed by atoms with Crippen molar-refractivity contribution in [3.8, 4) is 0 Å². The monoisotopic (exact) mass is 211 g/mol. The van der Waals surface area contributed by atoms with Crippen molar-refractivity contribution in [1.29, 1.82) is 0 Å². The highest BCUT2D eigenvalue weighted by Crippen LogP contribution is 2.14. The van der Waals surface area contributed by atoms with Gasteiger partial charge in [0.05, 0.1) is 5.01 Å². The minimum atomic E-state index is 0.0160. The molecule has 1 saturated heterocycles. The van der Waals surface area contributed by atoms with E-state index in [4.69, 9.17) is 5.73 Å². The van der Waals surface area contributed by atoms with Crippen LogP contribution in [0.4, 0.5) is 0 Å². The lowest BCUT2D eigenvalue weighted by Crippen LogP contribution is -2.32. The number of carbonyl (C=O) groups excluding carboxylic acids is 1. The second-order valence-electron chi connectivity index (χ2n) is 3.55. The van der Waals surface area contributed by atoms with Crippen LogP contribution in [0.5, 0.6) is 0 Å². The molecule has 0 unspecified atom stereocenters. The lowest BCUT2D eigenvalue weighted by atomic mass is 10.3. The zero-order valence-corrected chi connectivity index (χ0v) is 8.88. The van der Waals surface area contributed by atoms with Gasteiger partial charge in [-0.25, -0.2) is 4.98 Å². The first-order valence-electron chi connectivity index (χ1n) is 4.64. The molecule has 4 nitrogen and oxygen atoms in total.